The van der Waals surface area contributed by atoms with E-state index < -0.39 is 0 Å². The molecule has 0 radical (unpaired) electrons. The van der Waals surface area contributed by atoms with Gasteiger partial charge in [0, 0.05) is 11.8 Å². The fourth-order valence-corrected chi connectivity index (χ4v) is 1.72. The van der Waals surface area contributed by atoms with Gasteiger partial charge in [-0.3, -0.25) is 9.79 Å². The summed E-state index contributed by atoms with van der Waals surface area (Å²) < 4.78 is 5.21. The van der Waals surface area contributed by atoms with Crippen molar-refractivity contribution < 1.29 is 9.53 Å². The molecule has 3 heteroatoms. The summed E-state index contributed by atoms with van der Waals surface area (Å²) in [5, 5.41) is 0. The molecule has 15 heavy (non-hydrogen) atoms. The van der Waals surface area contributed by atoms with Gasteiger partial charge in [0.1, 0.15) is 11.4 Å². The average Bonchev–Trinajstić information content (AvgIpc) is 2.23. The molecule has 1 aromatic rings. The highest BCUT2D eigenvalue weighted by molar-refractivity contribution is 6.12. The average molecular weight is 203 g/mol. The van der Waals surface area contributed by atoms with Crippen molar-refractivity contribution in [2.24, 2.45) is 10.9 Å². The van der Waals surface area contributed by atoms with Crippen molar-refractivity contribution in [3.63, 3.8) is 0 Å². The molecule has 0 saturated carbocycles. The third-order valence-electron chi connectivity index (χ3n) is 2.55. The lowest BCUT2D eigenvalue weighted by Gasteiger charge is -2.16. The summed E-state index contributed by atoms with van der Waals surface area (Å²) in [6.45, 7) is 3.79. The Morgan fingerprint density at radius 2 is 2.13 bits per heavy atom. The molecule has 0 aliphatic carbocycles. The van der Waals surface area contributed by atoms with Crippen molar-refractivity contribution in [2.45, 2.75) is 13.8 Å². The molecule has 1 aliphatic heterocycles. The fraction of sp³-hybridized carbons (Fsp3) is 0.333. The van der Waals surface area contributed by atoms with Crippen LogP contribution in [0.2, 0.25) is 0 Å². The maximum atomic E-state index is 11.9. The second kappa shape index (κ2) is 3.50. The minimum absolute atomic E-state index is 0.113. The van der Waals surface area contributed by atoms with Crippen LogP contribution in [0.4, 0.5) is 5.69 Å². The lowest BCUT2D eigenvalue weighted by molar-refractivity contribution is 0.0962. The standard InChI is InChI=1S/C12H13NO2/c1-7-4-9-11(10(5-7)15-3)13-6-8(2)12(9)14/h4-6,8H,1-3H3. The smallest absolute Gasteiger partial charge is 0.173 e. The van der Waals surface area contributed by atoms with E-state index in [1.807, 2.05) is 26.0 Å². The summed E-state index contributed by atoms with van der Waals surface area (Å²) >= 11 is 0. The van der Waals surface area contributed by atoms with Crippen molar-refractivity contribution in [3.8, 4) is 5.75 Å². The number of fused-ring (bicyclic) bond motifs is 1. The number of benzene rings is 1. The largest absolute Gasteiger partial charge is 0.494 e. The monoisotopic (exact) mass is 203 g/mol. The van der Waals surface area contributed by atoms with Gasteiger partial charge < -0.3 is 4.74 Å². The molecule has 0 bridgehead atoms. The Hall–Kier alpha value is -1.64. The number of hydrogen-bond donors (Lipinski definition) is 0. The van der Waals surface area contributed by atoms with Gasteiger partial charge in [-0.15, -0.1) is 0 Å². The summed E-state index contributed by atoms with van der Waals surface area (Å²) in [5.41, 5.74) is 2.34. The Kier molecular flexibility index (Phi) is 2.31. The normalized spacial score (nSPS) is 18.9. The number of ketones is 1. The Labute approximate surface area is 88.8 Å². The van der Waals surface area contributed by atoms with E-state index in [9.17, 15) is 4.79 Å². The van der Waals surface area contributed by atoms with Gasteiger partial charge in [-0.2, -0.15) is 0 Å². The van der Waals surface area contributed by atoms with Crippen molar-refractivity contribution in [1.82, 2.24) is 0 Å². The Bertz CT molecular complexity index is 449. The highest BCUT2D eigenvalue weighted by atomic mass is 16.5. The minimum Gasteiger partial charge on any atom is -0.494 e. The second-order valence-electron chi connectivity index (χ2n) is 3.79. The molecular weight excluding hydrogens is 190 g/mol. The zero-order chi connectivity index (χ0) is 11.0. The third kappa shape index (κ3) is 1.54. The van der Waals surface area contributed by atoms with E-state index >= 15 is 0 Å². The van der Waals surface area contributed by atoms with Crippen LogP contribution in [0.5, 0.6) is 5.75 Å². The number of hydrogen-bond acceptors (Lipinski definition) is 3. The van der Waals surface area contributed by atoms with Gasteiger partial charge in [-0.1, -0.05) is 6.92 Å². The lowest BCUT2D eigenvalue weighted by atomic mass is 9.94. The van der Waals surface area contributed by atoms with Gasteiger partial charge in [0.15, 0.2) is 5.78 Å². The number of aliphatic imine (C=N–C) groups is 1. The van der Waals surface area contributed by atoms with Crippen LogP contribution in [-0.4, -0.2) is 19.1 Å². The Balaban J connectivity index is 2.66. The summed E-state index contributed by atoms with van der Waals surface area (Å²) in [5.74, 6) is 0.646. The molecule has 0 spiro atoms. The predicted molar refractivity (Wildman–Crippen MR) is 59.4 cm³/mol. The van der Waals surface area contributed by atoms with Crippen molar-refractivity contribution in [2.75, 3.05) is 7.11 Å². The number of rotatable bonds is 1. The number of carbonyl (C=O) groups excluding carboxylic acids is 1. The highest BCUT2D eigenvalue weighted by Crippen LogP contribution is 2.36. The molecule has 0 amide bonds. The first-order valence-corrected chi connectivity index (χ1v) is 4.90. The predicted octanol–water partition coefficient (Wildman–Crippen LogP) is 2.54. The van der Waals surface area contributed by atoms with Crippen molar-refractivity contribution in [3.05, 3.63) is 23.3 Å². The summed E-state index contributed by atoms with van der Waals surface area (Å²) in [6.07, 6.45) is 1.67. The number of Topliss-reactive ketones (excluding diaryl/α,β-unsaturated/α-hetero) is 1. The maximum absolute atomic E-state index is 11.9. The zero-order valence-electron chi connectivity index (χ0n) is 9.07. The highest BCUT2D eigenvalue weighted by Gasteiger charge is 2.23. The molecule has 1 heterocycles. The van der Waals surface area contributed by atoms with Crippen LogP contribution >= 0.6 is 0 Å². The first-order chi connectivity index (χ1) is 7.13. The zero-order valence-corrected chi connectivity index (χ0v) is 9.07. The van der Waals surface area contributed by atoms with E-state index in [1.165, 1.54) is 0 Å². The first-order valence-electron chi connectivity index (χ1n) is 4.90. The molecule has 0 fully saturated rings. The van der Waals surface area contributed by atoms with Crippen LogP contribution in [-0.2, 0) is 0 Å². The molecular formula is C12H13NO2. The number of carbonyl (C=O) groups is 1. The molecule has 78 valence electrons. The fourth-order valence-electron chi connectivity index (χ4n) is 1.72. The Morgan fingerprint density at radius 3 is 2.80 bits per heavy atom. The summed E-state index contributed by atoms with van der Waals surface area (Å²) in [6, 6.07) is 3.76. The van der Waals surface area contributed by atoms with E-state index in [1.54, 1.807) is 13.3 Å². The van der Waals surface area contributed by atoms with Gasteiger partial charge in [0.2, 0.25) is 0 Å². The maximum Gasteiger partial charge on any atom is 0.173 e. The summed E-state index contributed by atoms with van der Waals surface area (Å²) in [7, 11) is 1.59. The van der Waals surface area contributed by atoms with Crippen LogP contribution in [0.3, 0.4) is 0 Å². The van der Waals surface area contributed by atoms with E-state index in [-0.39, 0.29) is 11.7 Å². The quantitative estimate of drug-likeness (QED) is 0.703. The molecule has 0 saturated heterocycles. The molecule has 3 nitrogen and oxygen atoms in total. The minimum atomic E-state index is -0.135. The molecule has 2 rings (SSSR count). The van der Waals surface area contributed by atoms with Gasteiger partial charge in [0.25, 0.3) is 0 Å². The van der Waals surface area contributed by atoms with E-state index in [2.05, 4.69) is 4.99 Å². The van der Waals surface area contributed by atoms with Gasteiger partial charge in [0.05, 0.1) is 13.0 Å². The SMILES string of the molecule is COc1cc(C)cc2c1N=CC(C)C2=O. The van der Waals surface area contributed by atoms with Gasteiger partial charge in [-0.25, -0.2) is 0 Å². The van der Waals surface area contributed by atoms with Crippen LogP contribution < -0.4 is 4.74 Å². The Morgan fingerprint density at radius 1 is 1.40 bits per heavy atom. The van der Waals surface area contributed by atoms with E-state index in [0.717, 1.165) is 5.56 Å². The summed E-state index contributed by atoms with van der Waals surface area (Å²) in [4.78, 5) is 16.2. The van der Waals surface area contributed by atoms with Crippen LogP contribution in [0.15, 0.2) is 17.1 Å². The van der Waals surface area contributed by atoms with Crippen molar-refractivity contribution >= 4 is 17.7 Å². The molecule has 1 atom stereocenters. The van der Waals surface area contributed by atoms with Crippen LogP contribution in [0.1, 0.15) is 22.8 Å². The van der Waals surface area contributed by atoms with Gasteiger partial charge >= 0.3 is 0 Å². The number of ether oxygens (including phenoxy) is 1. The van der Waals surface area contributed by atoms with Crippen LogP contribution in [0, 0.1) is 12.8 Å². The van der Waals surface area contributed by atoms with Gasteiger partial charge in [-0.05, 0) is 24.6 Å². The topological polar surface area (TPSA) is 38.7 Å². The number of nitrogens with zero attached hydrogens (tertiary/aromatic N) is 1. The number of aryl methyl sites for hydroxylation is 1. The van der Waals surface area contributed by atoms with Crippen LogP contribution in [0.25, 0.3) is 0 Å². The molecule has 1 aliphatic rings. The third-order valence-corrected chi connectivity index (χ3v) is 2.55. The molecule has 1 aromatic carbocycles. The molecule has 1 unspecified atom stereocenters. The number of methoxy groups -OCH3 is 1. The lowest BCUT2D eigenvalue weighted by Crippen LogP contribution is -2.16. The molecule has 0 aromatic heterocycles. The van der Waals surface area contributed by atoms with E-state index in [4.69, 9.17) is 4.74 Å². The van der Waals surface area contributed by atoms with E-state index in [0.29, 0.717) is 17.0 Å². The first kappa shape index (κ1) is 9.90. The van der Waals surface area contributed by atoms with Crippen molar-refractivity contribution in [1.29, 1.82) is 0 Å². The second-order valence-corrected chi connectivity index (χ2v) is 3.79. The molecule has 0 N–H and O–H groups in total.